The Morgan fingerprint density at radius 3 is 2.31 bits per heavy atom. The first-order chi connectivity index (χ1) is 7.61. The lowest BCUT2D eigenvalue weighted by Gasteiger charge is -2.19. The van der Waals surface area contributed by atoms with Crippen molar-refractivity contribution < 1.29 is 9.90 Å². The molecule has 0 spiro atoms. The number of benzene rings is 1. The summed E-state index contributed by atoms with van der Waals surface area (Å²) in [6.07, 6.45) is 0.793. The molecule has 1 aromatic rings. The van der Waals surface area contributed by atoms with E-state index < -0.39 is 6.10 Å². The molecule has 16 heavy (non-hydrogen) atoms. The molecule has 1 unspecified atom stereocenters. The second-order valence-corrected chi connectivity index (χ2v) is 4.20. The van der Waals surface area contributed by atoms with Crippen molar-refractivity contribution in [2.75, 3.05) is 0 Å². The summed E-state index contributed by atoms with van der Waals surface area (Å²) in [5.41, 5.74) is 1.57. The van der Waals surface area contributed by atoms with Crippen LogP contribution in [0.15, 0.2) is 24.3 Å². The maximum Gasteiger partial charge on any atom is 0.191 e. The monoisotopic (exact) mass is 220 g/mol. The van der Waals surface area contributed by atoms with Gasteiger partial charge in [-0.3, -0.25) is 4.79 Å². The summed E-state index contributed by atoms with van der Waals surface area (Å²) in [5, 5.41) is 10.0. The average molecular weight is 220 g/mol. The Bertz CT molecular complexity index is 354. The highest BCUT2D eigenvalue weighted by molar-refractivity contribution is 6.00. The molecule has 1 N–H and O–H groups in total. The molecule has 0 amide bonds. The van der Waals surface area contributed by atoms with Gasteiger partial charge < -0.3 is 5.11 Å². The van der Waals surface area contributed by atoms with Gasteiger partial charge in [-0.15, -0.1) is 0 Å². The lowest BCUT2D eigenvalue weighted by atomic mass is 9.89. The van der Waals surface area contributed by atoms with Gasteiger partial charge in [-0.05, 0) is 18.4 Å². The standard InChI is InChI=1S/C14H20O2/c1-4-11(5-2)13(15)14(16)12-9-7-6-8-10(12)3/h6-9,11,13,15H,4-5H2,1-3H3. The predicted molar refractivity (Wildman–Crippen MR) is 65.6 cm³/mol. The zero-order valence-electron chi connectivity index (χ0n) is 10.2. The van der Waals surface area contributed by atoms with Crippen LogP contribution in [0, 0.1) is 12.8 Å². The predicted octanol–water partition coefficient (Wildman–Crippen LogP) is 2.97. The van der Waals surface area contributed by atoms with E-state index in [1.807, 2.05) is 39.0 Å². The van der Waals surface area contributed by atoms with E-state index in [4.69, 9.17) is 0 Å². The molecule has 0 aliphatic carbocycles. The third kappa shape index (κ3) is 2.70. The topological polar surface area (TPSA) is 37.3 Å². The van der Waals surface area contributed by atoms with Crippen LogP contribution in [0.5, 0.6) is 0 Å². The molecule has 88 valence electrons. The minimum Gasteiger partial charge on any atom is -0.385 e. The fraction of sp³-hybridized carbons (Fsp3) is 0.500. The summed E-state index contributed by atoms with van der Waals surface area (Å²) in [4.78, 5) is 12.1. The number of aliphatic hydroxyl groups excluding tert-OH is 1. The number of carbonyl (C=O) groups excluding carboxylic acids is 1. The molecule has 2 nitrogen and oxygen atoms in total. The van der Waals surface area contributed by atoms with Gasteiger partial charge in [0.15, 0.2) is 5.78 Å². The van der Waals surface area contributed by atoms with Crippen molar-refractivity contribution in [3.63, 3.8) is 0 Å². The van der Waals surface area contributed by atoms with Gasteiger partial charge in [0, 0.05) is 5.56 Å². The highest BCUT2D eigenvalue weighted by atomic mass is 16.3. The average Bonchev–Trinajstić information content (AvgIpc) is 2.30. The molecule has 0 aromatic heterocycles. The minimum atomic E-state index is -0.865. The second kappa shape index (κ2) is 5.80. The normalized spacial score (nSPS) is 12.8. The van der Waals surface area contributed by atoms with Crippen LogP contribution in [-0.4, -0.2) is 17.0 Å². The number of carbonyl (C=O) groups is 1. The van der Waals surface area contributed by atoms with Gasteiger partial charge in [-0.1, -0.05) is 51.0 Å². The van der Waals surface area contributed by atoms with Crippen LogP contribution < -0.4 is 0 Å². The highest BCUT2D eigenvalue weighted by Crippen LogP contribution is 2.19. The first kappa shape index (κ1) is 12.9. The summed E-state index contributed by atoms with van der Waals surface area (Å²) in [7, 11) is 0. The number of hydrogen-bond acceptors (Lipinski definition) is 2. The van der Waals surface area contributed by atoms with Crippen LogP contribution in [0.4, 0.5) is 0 Å². The Morgan fingerprint density at radius 1 is 1.25 bits per heavy atom. The Balaban J connectivity index is 2.90. The fourth-order valence-corrected chi connectivity index (χ4v) is 1.96. The van der Waals surface area contributed by atoms with Crippen molar-refractivity contribution in [1.82, 2.24) is 0 Å². The van der Waals surface area contributed by atoms with Crippen LogP contribution in [0.3, 0.4) is 0 Å². The molecule has 0 fully saturated rings. The Labute approximate surface area is 97.3 Å². The molecule has 0 saturated heterocycles. The molecule has 0 aliphatic heterocycles. The molecule has 1 aromatic carbocycles. The van der Waals surface area contributed by atoms with Crippen LogP contribution in [0.2, 0.25) is 0 Å². The van der Waals surface area contributed by atoms with Crippen LogP contribution in [0.25, 0.3) is 0 Å². The lowest BCUT2D eigenvalue weighted by molar-refractivity contribution is 0.0587. The fourth-order valence-electron chi connectivity index (χ4n) is 1.96. The van der Waals surface area contributed by atoms with Gasteiger partial charge in [0.05, 0.1) is 0 Å². The summed E-state index contributed by atoms with van der Waals surface area (Å²) >= 11 is 0. The zero-order chi connectivity index (χ0) is 12.1. The molecular weight excluding hydrogens is 200 g/mol. The number of aryl methyl sites for hydroxylation is 1. The van der Waals surface area contributed by atoms with Gasteiger partial charge in [0.1, 0.15) is 6.10 Å². The first-order valence-corrected chi connectivity index (χ1v) is 5.89. The van der Waals surface area contributed by atoms with E-state index in [9.17, 15) is 9.90 Å². The molecular formula is C14H20O2. The molecule has 0 bridgehead atoms. The van der Waals surface area contributed by atoms with Gasteiger partial charge in [0.2, 0.25) is 0 Å². The maximum atomic E-state index is 12.1. The van der Waals surface area contributed by atoms with E-state index in [1.165, 1.54) is 0 Å². The van der Waals surface area contributed by atoms with Crippen molar-refractivity contribution in [2.45, 2.75) is 39.7 Å². The van der Waals surface area contributed by atoms with Gasteiger partial charge >= 0.3 is 0 Å². The SMILES string of the molecule is CCC(CC)C(O)C(=O)c1ccccc1C. The smallest absolute Gasteiger partial charge is 0.191 e. The van der Waals surface area contributed by atoms with Crippen LogP contribution in [-0.2, 0) is 0 Å². The molecule has 1 atom stereocenters. The van der Waals surface area contributed by atoms with E-state index in [0.717, 1.165) is 18.4 Å². The molecule has 0 heterocycles. The Kier molecular flexibility index (Phi) is 4.69. The zero-order valence-corrected chi connectivity index (χ0v) is 10.2. The number of Topliss-reactive ketones (excluding diaryl/α,β-unsaturated/α-hetero) is 1. The summed E-state index contributed by atoms with van der Waals surface area (Å²) in [6.45, 7) is 5.90. The molecule has 0 radical (unpaired) electrons. The molecule has 1 rings (SSSR count). The third-order valence-electron chi connectivity index (χ3n) is 3.17. The molecule has 0 saturated carbocycles. The summed E-state index contributed by atoms with van der Waals surface area (Å²) < 4.78 is 0. The third-order valence-corrected chi connectivity index (χ3v) is 3.17. The van der Waals surface area contributed by atoms with E-state index in [1.54, 1.807) is 6.07 Å². The molecule has 0 aliphatic rings. The van der Waals surface area contributed by atoms with Crippen LogP contribution in [0.1, 0.15) is 42.6 Å². The number of rotatable bonds is 5. The molecule has 2 heteroatoms. The quantitative estimate of drug-likeness (QED) is 0.774. The van der Waals surface area contributed by atoms with E-state index in [2.05, 4.69) is 0 Å². The van der Waals surface area contributed by atoms with Crippen molar-refractivity contribution in [3.05, 3.63) is 35.4 Å². The van der Waals surface area contributed by atoms with Crippen molar-refractivity contribution >= 4 is 5.78 Å². The number of aliphatic hydroxyl groups is 1. The highest BCUT2D eigenvalue weighted by Gasteiger charge is 2.25. The first-order valence-electron chi connectivity index (χ1n) is 5.89. The Morgan fingerprint density at radius 2 is 1.81 bits per heavy atom. The van der Waals surface area contributed by atoms with Gasteiger partial charge in [0.25, 0.3) is 0 Å². The van der Waals surface area contributed by atoms with Gasteiger partial charge in [-0.25, -0.2) is 0 Å². The Hall–Kier alpha value is -1.15. The van der Waals surface area contributed by atoms with E-state index >= 15 is 0 Å². The van der Waals surface area contributed by atoms with E-state index in [-0.39, 0.29) is 11.7 Å². The van der Waals surface area contributed by atoms with Gasteiger partial charge in [-0.2, -0.15) is 0 Å². The van der Waals surface area contributed by atoms with Crippen LogP contribution >= 0.6 is 0 Å². The number of hydrogen-bond donors (Lipinski definition) is 1. The lowest BCUT2D eigenvalue weighted by Crippen LogP contribution is -2.29. The largest absolute Gasteiger partial charge is 0.385 e. The maximum absolute atomic E-state index is 12.1. The number of ketones is 1. The summed E-state index contributed by atoms with van der Waals surface area (Å²) in [5.74, 6) is -0.0843. The van der Waals surface area contributed by atoms with Crippen molar-refractivity contribution in [1.29, 1.82) is 0 Å². The second-order valence-electron chi connectivity index (χ2n) is 4.20. The summed E-state index contributed by atoms with van der Waals surface area (Å²) in [6, 6.07) is 7.41. The minimum absolute atomic E-state index is 0.0621. The van der Waals surface area contributed by atoms with E-state index in [0.29, 0.717) is 5.56 Å². The van der Waals surface area contributed by atoms with Crippen molar-refractivity contribution in [3.8, 4) is 0 Å². The van der Waals surface area contributed by atoms with Crippen molar-refractivity contribution in [2.24, 2.45) is 5.92 Å².